The molecule has 1 atom stereocenters. The van der Waals surface area contributed by atoms with Crippen molar-refractivity contribution in [2.45, 2.75) is 26.0 Å². The van der Waals surface area contributed by atoms with Crippen molar-refractivity contribution in [3.05, 3.63) is 53.4 Å². The summed E-state index contributed by atoms with van der Waals surface area (Å²) in [6, 6.07) is 11.7. The number of aliphatic hydroxyl groups excluding tert-OH is 1. The Kier molecular flexibility index (Phi) is 4.71. The van der Waals surface area contributed by atoms with E-state index in [2.05, 4.69) is 10.1 Å². The van der Waals surface area contributed by atoms with Crippen LogP contribution in [-0.2, 0) is 6.54 Å². The van der Waals surface area contributed by atoms with Gasteiger partial charge in [-0.05, 0) is 26.0 Å². The van der Waals surface area contributed by atoms with Crippen molar-refractivity contribution in [3.8, 4) is 0 Å². The fourth-order valence-corrected chi connectivity index (χ4v) is 2.02. The lowest BCUT2D eigenvalue weighted by Gasteiger charge is -2.17. The van der Waals surface area contributed by atoms with Crippen molar-refractivity contribution in [3.63, 3.8) is 0 Å². The molecule has 102 valence electrons. The summed E-state index contributed by atoms with van der Waals surface area (Å²) in [5, 5.41) is 13.9. The summed E-state index contributed by atoms with van der Waals surface area (Å²) in [5.74, 6) is 0.856. The molecule has 1 heterocycles. The van der Waals surface area contributed by atoms with E-state index in [1.165, 1.54) is 0 Å². The number of nitrogens with zero attached hydrogens (tertiary/aromatic N) is 2. The molecule has 1 aromatic heterocycles. The van der Waals surface area contributed by atoms with Crippen LogP contribution in [0.2, 0.25) is 0 Å². The Balaban J connectivity index is 1.79. The molecule has 0 amide bonds. The van der Waals surface area contributed by atoms with Gasteiger partial charge in [0.05, 0.1) is 18.3 Å². The van der Waals surface area contributed by atoms with Crippen molar-refractivity contribution in [1.29, 1.82) is 0 Å². The van der Waals surface area contributed by atoms with Gasteiger partial charge >= 0.3 is 0 Å². The molecule has 19 heavy (non-hydrogen) atoms. The number of hydrogen-bond donors (Lipinski definition) is 1. The van der Waals surface area contributed by atoms with Crippen LogP contribution >= 0.6 is 0 Å². The van der Waals surface area contributed by atoms with Crippen molar-refractivity contribution in [1.82, 2.24) is 10.1 Å². The van der Waals surface area contributed by atoms with Gasteiger partial charge in [0.15, 0.2) is 5.76 Å². The Morgan fingerprint density at radius 3 is 2.68 bits per heavy atom. The van der Waals surface area contributed by atoms with E-state index in [9.17, 15) is 5.11 Å². The lowest BCUT2D eigenvalue weighted by molar-refractivity contribution is 0.144. The average molecular weight is 260 g/mol. The van der Waals surface area contributed by atoms with Gasteiger partial charge in [0, 0.05) is 12.6 Å². The molecule has 0 spiro atoms. The lowest BCUT2D eigenvalue weighted by atomic mass is 10.1. The third-order valence-corrected chi connectivity index (χ3v) is 3.07. The van der Waals surface area contributed by atoms with Crippen LogP contribution in [0.5, 0.6) is 0 Å². The second kappa shape index (κ2) is 6.50. The van der Waals surface area contributed by atoms with E-state index in [1.54, 1.807) is 0 Å². The molecule has 0 aliphatic carbocycles. The fraction of sp³-hybridized carbons (Fsp3) is 0.400. The standard InChI is InChI=1S/C15H20N2O2/c1-12-10-14(19-16-12)11-17(2)9-8-15(18)13-6-4-3-5-7-13/h3-7,10,15,18H,8-9,11H2,1-2H3. The zero-order chi connectivity index (χ0) is 13.7. The highest BCUT2D eigenvalue weighted by atomic mass is 16.5. The van der Waals surface area contributed by atoms with Gasteiger partial charge in [-0.2, -0.15) is 0 Å². The normalized spacial score (nSPS) is 12.8. The average Bonchev–Trinajstić information content (AvgIpc) is 2.82. The van der Waals surface area contributed by atoms with Crippen LogP contribution in [0.3, 0.4) is 0 Å². The molecule has 0 aliphatic heterocycles. The van der Waals surface area contributed by atoms with E-state index >= 15 is 0 Å². The topological polar surface area (TPSA) is 49.5 Å². The van der Waals surface area contributed by atoms with Crippen LogP contribution in [0.25, 0.3) is 0 Å². The number of hydrogen-bond acceptors (Lipinski definition) is 4. The van der Waals surface area contributed by atoms with Gasteiger partial charge in [0.25, 0.3) is 0 Å². The Morgan fingerprint density at radius 1 is 1.32 bits per heavy atom. The maximum absolute atomic E-state index is 10.1. The van der Waals surface area contributed by atoms with Crippen molar-refractivity contribution < 1.29 is 9.63 Å². The SMILES string of the molecule is Cc1cc(CN(C)CCC(O)c2ccccc2)on1. The maximum Gasteiger partial charge on any atom is 0.150 e. The minimum absolute atomic E-state index is 0.417. The third kappa shape index (κ3) is 4.19. The first-order chi connectivity index (χ1) is 9.15. The van der Waals surface area contributed by atoms with Gasteiger partial charge < -0.3 is 9.63 Å². The summed E-state index contributed by atoms with van der Waals surface area (Å²) in [6.07, 6.45) is 0.285. The summed E-state index contributed by atoms with van der Waals surface area (Å²) in [7, 11) is 2.01. The van der Waals surface area contributed by atoms with Gasteiger partial charge in [-0.3, -0.25) is 4.90 Å². The minimum atomic E-state index is -0.417. The Morgan fingerprint density at radius 2 is 2.05 bits per heavy atom. The predicted molar refractivity (Wildman–Crippen MR) is 73.6 cm³/mol. The number of aromatic nitrogens is 1. The molecule has 0 saturated heterocycles. The van der Waals surface area contributed by atoms with Crippen LogP contribution < -0.4 is 0 Å². The molecule has 0 saturated carbocycles. The third-order valence-electron chi connectivity index (χ3n) is 3.07. The van der Waals surface area contributed by atoms with E-state index in [0.29, 0.717) is 13.0 Å². The quantitative estimate of drug-likeness (QED) is 0.867. The molecule has 4 nitrogen and oxygen atoms in total. The monoisotopic (exact) mass is 260 g/mol. The molecule has 0 aliphatic rings. The smallest absolute Gasteiger partial charge is 0.150 e. The summed E-state index contributed by atoms with van der Waals surface area (Å²) < 4.78 is 5.17. The zero-order valence-corrected chi connectivity index (χ0v) is 11.4. The lowest BCUT2D eigenvalue weighted by Crippen LogP contribution is -2.20. The molecule has 0 fully saturated rings. The van der Waals surface area contributed by atoms with E-state index < -0.39 is 6.10 Å². The van der Waals surface area contributed by atoms with Crippen molar-refractivity contribution in [2.24, 2.45) is 0 Å². The van der Waals surface area contributed by atoms with E-state index in [1.807, 2.05) is 50.4 Å². The van der Waals surface area contributed by atoms with E-state index in [4.69, 9.17) is 4.52 Å². The van der Waals surface area contributed by atoms with E-state index in [0.717, 1.165) is 23.6 Å². The molecule has 2 aromatic rings. The molecule has 0 radical (unpaired) electrons. The zero-order valence-electron chi connectivity index (χ0n) is 11.4. The fourth-order valence-electron chi connectivity index (χ4n) is 2.02. The molecule has 2 rings (SSSR count). The molecule has 0 bridgehead atoms. The highest BCUT2D eigenvalue weighted by molar-refractivity contribution is 5.17. The maximum atomic E-state index is 10.1. The second-order valence-electron chi connectivity index (χ2n) is 4.89. The number of aryl methyl sites for hydroxylation is 1. The minimum Gasteiger partial charge on any atom is -0.388 e. The number of aliphatic hydroxyl groups is 1. The molecule has 4 heteroatoms. The van der Waals surface area contributed by atoms with Gasteiger partial charge in [0.2, 0.25) is 0 Å². The molecular formula is C15H20N2O2. The van der Waals surface area contributed by atoms with Gasteiger partial charge in [-0.1, -0.05) is 35.5 Å². The van der Waals surface area contributed by atoms with Gasteiger partial charge in [-0.15, -0.1) is 0 Å². The van der Waals surface area contributed by atoms with Crippen molar-refractivity contribution in [2.75, 3.05) is 13.6 Å². The second-order valence-corrected chi connectivity index (χ2v) is 4.89. The Bertz CT molecular complexity index is 496. The van der Waals surface area contributed by atoms with Crippen LogP contribution in [0, 0.1) is 6.92 Å². The highest BCUT2D eigenvalue weighted by Gasteiger charge is 2.10. The summed E-state index contributed by atoms with van der Waals surface area (Å²) >= 11 is 0. The Hall–Kier alpha value is -1.65. The molecule has 1 aromatic carbocycles. The first-order valence-corrected chi connectivity index (χ1v) is 6.49. The van der Waals surface area contributed by atoms with Crippen LogP contribution in [0.1, 0.15) is 29.5 Å². The van der Waals surface area contributed by atoms with E-state index in [-0.39, 0.29) is 0 Å². The summed E-state index contributed by atoms with van der Waals surface area (Å²) in [4.78, 5) is 2.12. The largest absolute Gasteiger partial charge is 0.388 e. The summed E-state index contributed by atoms with van der Waals surface area (Å²) in [5.41, 5.74) is 1.86. The Labute approximate surface area is 113 Å². The van der Waals surface area contributed by atoms with Gasteiger partial charge in [0.1, 0.15) is 0 Å². The predicted octanol–water partition coefficient (Wildman–Crippen LogP) is 2.54. The highest BCUT2D eigenvalue weighted by Crippen LogP contribution is 2.16. The summed E-state index contributed by atoms with van der Waals surface area (Å²) in [6.45, 7) is 3.42. The first-order valence-electron chi connectivity index (χ1n) is 6.49. The van der Waals surface area contributed by atoms with Crippen molar-refractivity contribution >= 4 is 0 Å². The molecule has 1 unspecified atom stereocenters. The van der Waals surface area contributed by atoms with Gasteiger partial charge in [-0.25, -0.2) is 0 Å². The van der Waals surface area contributed by atoms with Crippen LogP contribution in [0.15, 0.2) is 40.9 Å². The van der Waals surface area contributed by atoms with Crippen LogP contribution in [-0.4, -0.2) is 28.8 Å². The van der Waals surface area contributed by atoms with Crippen LogP contribution in [0.4, 0.5) is 0 Å². The number of benzene rings is 1. The first kappa shape index (κ1) is 13.8. The number of rotatable bonds is 6. The molecule has 1 N–H and O–H groups in total. The molecular weight excluding hydrogens is 240 g/mol.